The highest BCUT2D eigenvalue weighted by Crippen LogP contribution is 2.35. The zero-order valence-corrected chi connectivity index (χ0v) is 7.70. The van der Waals surface area contributed by atoms with Crippen LogP contribution in [-0.2, 0) is 0 Å². The van der Waals surface area contributed by atoms with E-state index in [1.165, 1.54) is 0 Å². The Morgan fingerprint density at radius 3 is 1.44 bits per heavy atom. The van der Waals surface area contributed by atoms with Gasteiger partial charge in [0.2, 0.25) is 0 Å². The highest BCUT2D eigenvalue weighted by atomic mass is 35.5. The van der Waals surface area contributed by atoms with Crippen molar-refractivity contribution in [2.75, 3.05) is 0 Å². The summed E-state index contributed by atoms with van der Waals surface area (Å²) in [7, 11) is 0. The Kier molecular flexibility index (Phi) is 4.24. The fraction of sp³-hybridized carbons (Fsp3) is 1.00. The van der Waals surface area contributed by atoms with Crippen LogP contribution in [-0.4, -0.2) is 14.8 Å². The number of alkyl halides is 6. The molecule has 1 unspecified atom stereocenters. The fourth-order valence-corrected chi connectivity index (χ4v) is 1.00. The molecule has 0 bridgehead atoms. The van der Waals surface area contributed by atoms with E-state index >= 15 is 0 Å². The van der Waals surface area contributed by atoms with Gasteiger partial charge in [-0.25, -0.2) is 4.39 Å². The molecule has 0 saturated heterocycles. The van der Waals surface area contributed by atoms with Crippen LogP contribution in [0.5, 0.6) is 0 Å². The van der Waals surface area contributed by atoms with Crippen molar-refractivity contribution in [1.29, 1.82) is 0 Å². The monoisotopic (exact) mass is 232 g/mol. The standard InChI is InChI=1S/C3H2Cl5F/c4-1(2(5)6)3(7,8)9/h1-2H. The van der Waals surface area contributed by atoms with Crippen LogP contribution in [0.3, 0.4) is 0 Å². The van der Waals surface area contributed by atoms with Gasteiger partial charge in [0, 0.05) is 0 Å². The van der Waals surface area contributed by atoms with Gasteiger partial charge in [0.05, 0.1) is 0 Å². The molecular weight excluding hydrogens is 232 g/mol. The highest BCUT2D eigenvalue weighted by molar-refractivity contribution is 6.55. The van der Waals surface area contributed by atoms with Gasteiger partial charge < -0.3 is 0 Å². The van der Waals surface area contributed by atoms with Crippen LogP contribution in [0.4, 0.5) is 4.39 Å². The summed E-state index contributed by atoms with van der Waals surface area (Å²) < 4.78 is 9.69. The van der Waals surface area contributed by atoms with Gasteiger partial charge in [-0.05, 0) is 0 Å². The Morgan fingerprint density at radius 2 is 1.44 bits per heavy atom. The number of hydrogen-bond acceptors (Lipinski definition) is 0. The molecule has 0 rings (SSSR count). The van der Waals surface area contributed by atoms with Crippen molar-refractivity contribution in [3.63, 3.8) is 0 Å². The first-order chi connectivity index (χ1) is 3.85. The zero-order valence-electron chi connectivity index (χ0n) is 3.92. The molecule has 0 nitrogen and oxygen atoms in total. The van der Waals surface area contributed by atoms with E-state index in [0.29, 0.717) is 0 Å². The largest absolute Gasteiger partial charge is 0.276 e. The summed E-state index contributed by atoms with van der Waals surface area (Å²) >= 11 is 25.2. The van der Waals surface area contributed by atoms with Crippen LogP contribution in [0.15, 0.2) is 0 Å². The molecule has 0 aromatic heterocycles. The molecule has 0 radical (unpaired) electrons. The van der Waals surface area contributed by atoms with E-state index in [1.807, 2.05) is 0 Å². The summed E-state index contributed by atoms with van der Waals surface area (Å²) in [5, 5.41) is -1.32. The third-order valence-electron chi connectivity index (χ3n) is 0.534. The Bertz CT molecular complexity index is 86.7. The molecular formula is C3H2Cl5F. The highest BCUT2D eigenvalue weighted by Gasteiger charge is 2.37. The van der Waals surface area contributed by atoms with Gasteiger partial charge in [0.25, 0.3) is 4.59 Å². The second-order valence-electron chi connectivity index (χ2n) is 1.28. The summed E-state index contributed by atoms with van der Waals surface area (Å²) in [5.74, 6) is 0. The van der Waals surface area contributed by atoms with Crippen molar-refractivity contribution in [2.24, 2.45) is 0 Å². The first kappa shape index (κ1) is 10.4. The van der Waals surface area contributed by atoms with E-state index in [9.17, 15) is 4.39 Å². The predicted molar refractivity (Wildman–Crippen MR) is 40.7 cm³/mol. The minimum absolute atomic E-state index is 1.12. The predicted octanol–water partition coefficient (Wildman–Crippen LogP) is 3.50. The first-order valence-electron chi connectivity index (χ1n) is 1.84. The summed E-state index contributed by atoms with van der Waals surface area (Å²) in [5.41, 5.74) is 0. The smallest absolute Gasteiger partial charge is 0.206 e. The molecule has 1 atom stereocenters. The lowest BCUT2D eigenvalue weighted by Gasteiger charge is -2.16. The third-order valence-corrected chi connectivity index (χ3v) is 2.54. The normalized spacial score (nSPS) is 16.3. The van der Waals surface area contributed by atoms with Crippen LogP contribution in [0.2, 0.25) is 0 Å². The van der Waals surface area contributed by atoms with Gasteiger partial charge in [0.1, 0.15) is 10.2 Å². The fourth-order valence-electron chi connectivity index (χ4n) is 0.143. The summed E-state index contributed by atoms with van der Waals surface area (Å²) in [6.45, 7) is 0. The van der Waals surface area contributed by atoms with Crippen molar-refractivity contribution < 1.29 is 4.39 Å². The van der Waals surface area contributed by atoms with E-state index in [-0.39, 0.29) is 0 Å². The Balaban J connectivity index is 3.88. The summed E-state index contributed by atoms with van der Waals surface area (Å²) in [6.07, 6.45) is 0. The molecule has 0 aliphatic rings. The van der Waals surface area contributed by atoms with Crippen LogP contribution < -0.4 is 0 Å². The van der Waals surface area contributed by atoms with Crippen molar-refractivity contribution >= 4 is 58.0 Å². The molecule has 0 fully saturated rings. The SMILES string of the molecule is FC(Cl)(Cl)C(Cl)C(Cl)Cl. The molecule has 0 aliphatic carbocycles. The van der Waals surface area contributed by atoms with E-state index in [4.69, 9.17) is 58.0 Å². The van der Waals surface area contributed by atoms with E-state index in [1.54, 1.807) is 0 Å². The van der Waals surface area contributed by atoms with E-state index in [0.717, 1.165) is 0 Å². The lowest BCUT2D eigenvalue weighted by Crippen LogP contribution is -2.26. The number of halogens is 6. The molecule has 0 aromatic carbocycles. The first-order valence-corrected chi connectivity index (χ1v) is 3.91. The van der Waals surface area contributed by atoms with E-state index < -0.39 is 14.8 Å². The molecule has 0 aliphatic heterocycles. The topological polar surface area (TPSA) is 0 Å². The van der Waals surface area contributed by atoms with Gasteiger partial charge >= 0.3 is 0 Å². The van der Waals surface area contributed by atoms with Crippen LogP contribution in [0.25, 0.3) is 0 Å². The minimum Gasteiger partial charge on any atom is -0.206 e. The molecule has 6 heteroatoms. The quantitative estimate of drug-likeness (QED) is 0.641. The Labute approximate surface area is 77.2 Å². The average Bonchev–Trinajstić information content (AvgIpc) is 1.62. The average molecular weight is 234 g/mol. The van der Waals surface area contributed by atoms with Gasteiger partial charge in [-0.15, -0.1) is 34.8 Å². The maximum Gasteiger partial charge on any atom is 0.276 e. The lowest BCUT2D eigenvalue weighted by molar-refractivity contribution is 0.384. The van der Waals surface area contributed by atoms with Crippen molar-refractivity contribution in [3.8, 4) is 0 Å². The molecule has 0 heterocycles. The molecule has 0 spiro atoms. The molecule has 56 valence electrons. The van der Waals surface area contributed by atoms with Gasteiger partial charge in [-0.3, -0.25) is 0 Å². The lowest BCUT2D eigenvalue weighted by atomic mass is 10.5. The molecule has 0 saturated carbocycles. The van der Waals surface area contributed by atoms with Gasteiger partial charge in [-0.1, -0.05) is 23.2 Å². The number of hydrogen-bond donors (Lipinski definition) is 0. The van der Waals surface area contributed by atoms with Crippen LogP contribution in [0, 0.1) is 0 Å². The Hall–Kier alpha value is 1.38. The molecule has 9 heavy (non-hydrogen) atoms. The molecule has 0 N–H and O–H groups in total. The maximum absolute atomic E-state index is 12.3. The molecule has 0 amide bonds. The third kappa shape index (κ3) is 3.94. The van der Waals surface area contributed by atoms with Crippen molar-refractivity contribution in [1.82, 2.24) is 0 Å². The van der Waals surface area contributed by atoms with Crippen molar-refractivity contribution in [2.45, 2.75) is 14.8 Å². The minimum atomic E-state index is -2.57. The van der Waals surface area contributed by atoms with Crippen molar-refractivity contribution in [3.05, 3.63) is 0 Å². The van der Waals surface area contributed by atoms with E-state index in [2.05, 4.69) is 0 Å². The van der Waals surface area contributed by atoms with Gasteiger partial charge in [-0.2, -0.15) is 0 Å². The van der Waals surface area contributed by atoms with Crippen LogP contribution >= 0.6 is 58.0 Å². The maximum atomic E-state index is 12.3. The zero-order chi connectivity index (χ0) is 7.65. The summed E-state index contributed by atoms with van der Waals surface area (Å²) in [4.78, 5) is -1.12. The molecule has 0 aromatic rings. The van der Waals surface area contributed by atoms with Crippen LogP contribution in [0.1, 0.15) is 0 Å². The number of rotatable bonds is 2. The summed E-state index contributed by atoms with van der Waals surface area (Å²) in [6, 6.07) is 0. The second kappa shape index (κ2) is 3.68. The second-order valence-corrected chi connectivity index (χ2v) is 4.21. The Morgan fingerprint density at radius 1 is 1.11 bits per heavy atom. The van der Waals surface area contributed by atoms with Gasteiger partial charge in [0.15, 0.2) is 0 Å².